The predicted octanol–water partition coefficient (Wildman–Crippen LogP) is -2.89. The number of aliphatic hydroxyl groups excluding tert-OH is 8. The Bertz CT molecular complexity index is 1620. The zero-order valence-electron chi connectivity index (χ0n) is 30.2. The molecule has 6 unspecified atom stereocenters. The minimum Gasteiger partial charge on any atom is -0.504 e. The third kappa shape index (κ3) is 10.0. The Kier molecular flexibility index (Phi) is 14.9. The summed E-state index contributed by atoms with van der Waals surface area (Å²) >= 11 is 0. The van der Waals surface area contributed by atoms with Crippen LogP contribution < -0.4 is 4.74 Å². The number of phenolic OH excluding ortho intramolecular Hbond substituents is 3. The molecule has 3 aliphatic rings. The van der Waals surface area contributed by atoms with E-state index in [0.717, 1.165) is 12.1 Å². The van der Waals surface area contributed by atoms with E-state index in [9.17, 15) is 61.0 Å². The zero-order valence-corrected chi connectivity index (χ0v) is 30.2. The third-order valence-corrected chi connectivity index (χ3v) is 9.57. The van der Waals surface area contributed by atoms with Gasteiger partial charge in [-0.25, -0.2) is 4.79 Å². The smallest absolute Gasteiger partial charge is 0.331 e. The number of ether oxygens (including phenoxy) is 8. The van der Waals surface area contributed by atoms with Gasteiger partial charge in [0.2, 0.25) is 0 Å². The molecule has 0 spiro atoms. The van der Waals surface area contributed by atoms with Gasteiger partial charge in [0.25, 0.3) is 0 Å². The van der Waals surface area contributed by atoms with Crippen molar-refractivity contribution < 1.29 is 98.9 Å². The van der Waals surface area contributed by atoms with Crippen molar-refractivity contribution >= 4 is 12.0 Å². The highest BCUT2D eigenvalue weighted by Gasteiger charge is 2.53. The molecule has 3 heterocycles. The van der Waals surface area contributed by atoms with Crippen molar-refractivity contribution in [3.8, 4) is 23.0 Å². The minimum atomic E-state index is -1.87. The second-order valence-electron chi connectivity index (χ2n) is 13.5. The molecule has 2 aromatic carbocycles. The van der Waals surface area contributed by atoms with E-state index < -0.39 is 123 Å². The Labute approximate surface area is 319 Å². The predicted molar refractivity (Wildman–Crippen MR) is 185 cm³/mol. The normalized spacial score (nSPS) is 36.4. The molecule has 5 rings (SSSR count). The molecule has 0 saturated carbocycles. The van der Waals surface area contributed by atoms with Gasteiger partial charge >= 0.3 is 5.97 Å². The highest BCUT2D eigenvalue weighted by molar-refractivity contribution is 5.87. The first-order chi connectivity index (χ1) is 26.6. The molecule has 0 radical (unpaired) electrons. The first-order valence-corrected chi connectivity index (χ1v) is 17.6. The Balaban J connectivity index is 1.43. The van der Waals surface area contributed by atoms with Crippen molar-refractivity contribution in [1.82, 2.24) is 0 Å². The Morgan fingerprint density at radius 1 is 0.714 bits per heavy atom. The van der Waals surface area contributed by atoms with Gasteiger partial charge in [0.1, 0.15) is 61.0 Å². The van der Waals surface area contributed by atoms with E-state index in [0.29, 0.717) is 5.56 Å². The Morgan fingerprint density at radius 2 is 1.39 bits per heavy atom. The van der Waals surface area contributed by atoms with Crippen LogP contribution in [0.4, 0.5) is 0 Å². The van der Waals surface area contributed by atoms with Crippen molar-refractivity contribution in [1.29, 1.82) is 0 Å². The summed E-state index contributed by atoms with van der Waals surface area (Å²) in [6.07, 6.45) is -22.3. The van der Waals surface area contributed by atoms with Crippen LogP contribution in [-0.2, 0) is 44.4 Å². The molecule has 11 N–H and O–H groups in total. The molecule has 0 aliphatic carbocycles. The summed E-state index contributed by atoms with van der Waals surface area (Å²) in [4.78, 5) is 13.3. The fourth-order valence-corrected chi connectivity index (χ4v) is 6.31. The number of hydrogen-bond donors (Lipinski definition) is 11. The van der Waals surface area contributed by atoms with Crippen LogP contribution in [0.1, 0.15) is 18.1 Å². The van der Waals surface area contributed by atoms with E-state index in [1.807, 2.05) is 0 Å². The van der Waals surface area contributed by atoms with E-state index in [4.69, 9.17) is 37.9 Å². The van der Waals surface area contributed by atoms with Crippen LogP contribution in [0.3, 0.4) is 0 Å². The van der Waals surface area contributed by atoms with Crippen LogP contribution in [-0.4, -0.2) is 181 Å². The first kappa shape index (κ1) is 43.4. The van der Waals surface area contributed by atoms with E-state index in [1.165, 1.54) is 44.4 Å². The number of carbonyl (C=O) groups excluding carboxylic acids is 1. The number of phenols is 3. The van der Waals surface area contributed by atoms with Gasteiger partial charge in [-0.05, 0) is 54.8 Å². The Hall–Kier alpha value is -3.71. The summed E-state index contributed by atoms with van der Waals surface area (Å²) in [5.74, 6) is -1.84. The fraction of sp³-hybridized carbons (Fsp3) is 0.583. The highest BCUT2D eigenvalue weighted by Crippen LogP contribution is 2.33. The van der Waals surface area contributed by atoms with Crippen molar-refractivity contribution in [3.05, 3.63) is 53.6 Å². The molecule has 15 atom stereocenters. The van der Waals surface area contributed by atoms with Crippen LogP contribution in [0.5, 0.6) is 23.0 Å². The van der Waals surface area contributed by atoms with Crippen molar-refractivity contribution in [2.24, 2.45) is 0 Å². The molecule has 3 fully saturated rings. The molecule has 20 heteroatoms. The van der Waals surface area contributed by atoms with Gasteiger partial charge in [-0.1, -0.05) is 12.1 Å². The number of aliphatic hydroxyl groups is 8. The van der Waals surface area contributed by atoms with E-state index >= 15 is 0 Å². The quantitative estimate of drug-likeness (QED) is 0.0519. The van der Waals surface area contributed by atoms with Gasteiger partial charge in [0.05, 0.1) is 33.0 Å². The van der Waals surface area contributed by atoms with Crippen LogP contribution in [0.2, 0.25) is 0 Å². The Morgan fingerprint density at radius 3 is 2.07 bits per heavy atom. The van der Waals surface area contributed by atoms with Crippen LogP contribution in [0, 0.1) is 0 Å². The number of aromatic hydroxyl groups is 3. The monoisotopic (exact) mass is 800 g/mol. The molecular weight excluding hydrogens is 752 g/mol. The molecule has 0 amide bonds. The zero-order chi connectivity index (χ0) is 40.8. The van der Waals surface area contributed by atoms with Crippen LogP contribution >= 0.6 is 0 Å². The van der Waals surface area contributed by atoms with Gasteiger partial charge in [-0.15, -0.1) is 0 Å². The number of esters is 1. The molecular formula is C36H48O20. The average Bonchev–Trinajstić information content (AvgIpc) is 3.17. The SMILES string of the molecule is COc1ccc(CCO[C@@H]2OC(CO[C@@H]3OC(CO)[C@@H](O)[C@@H](O)C3O)[C@@H](OC(=O)/C=C/c3ccc(O)c(O)c3)[C@@H](O[C@@H]3OC(C)[C@H](O)[C@H](O)C3O)C2O)cc1O. The van der Waals surface area contributed by atoms with E-state index in [-0.39, 0.29) is 30.1 Å². The van der Waals surface area contributed by atoms with Crippen molar-refractivity contribution in [2.75, 3.05) is 26.9 Å². The highest BCUT2D eigenvalue weighted by atomic mass is 16.8. The first-order valence-electron chi connectivity index (χ1n) is 17.6. The standard InChI is InChI=1S/C36H48O20/c1-15-25(42)27(44)30(47)36(52-15)56-33-31(48)35(50-10-9-17-4-7-21(49-2)20(40)12-17)54-23(14-51-34-29(46)28(45)26(43)22(13-37)53-34)32(33)55-24(41)8-5-16-3-6-18(38)19(39)11-16/h3-8,11-12,15,22-23,25-40,42-48H,9-10,13-14H2,1-2H3/b8-5+/t15?,22?,23?,25-,26+,27-,28+,29?,30?,31?,32+,33-,34+,35+,36-/m0/s1. The topological polar surface area (TPSA) is 313 Å². The van der Waals surface area contributed by atoms with Crippen LogP contribution in [0.25, 0.3) is 6.08 Å². The number of methoxy groups -OCH3 is 1. The summed E-state index contributed by atoms with van der Waals surface area (Å²) in [6, 6.07) is 8.36. The maximum atomic E-state index is 13.3. The number of rotatable bonds is 14. The lowest BCUT2D eigenvalue weighted by Crippen LogP contribution is -2.65. The summed E-state index contributed by atoms with van der Waals surface area (Å²) < 4.78 is 45.5. The third-order valence-electron chi connectivity index (χ3n) is 9.57. The number of benzene rings is 2. The lowest BCUT2D eigenvalue weighted by Gasteiger charge is -2.47. The summed E-state index contributed by atoms with van der Waals surface area (Å²) in [7, 11) is 1.39. The van der Waals surface area contributed by atoms with Crippen LogP contribution in [0.15, 0.2) is 42.5 Å². The lowest BCUT2D eigenvalue weighted by atomic mass is 9.96. The lowest BCUT2D eigenvalue weighted by molar-refractivity contribution is -0.364. The molecule has 2 aromatic rings. The molecule has 0 aromatic heterocycles. The maximum absolute atomic E-state index is 13.3. The minimum absolute atomic E-state index is 0.133. The van der Waals surface area contributed by atoms with E-state index in [2.05, 4.69) is 0 Å². The molecule has 20 nitrogen and oxygen atoms in total. The van der Waals surface area contributed by atoms with Gasteiger partial charge in [-0.3, -0.25) is 0 Å². The molecule has 3 saturated heterocycles. The summed E-state index contributed by atoms with van der Waals surface area (Å²) in [6.45, 7) is -0.179. The summed E-state index contributed by atoms with van der Waals surface area (Å²) in [5, 5.41) is 114. The van der Waals surface area contributed by atoms with Gasteiger partial charge in [0, 0.05) is 6.08 Å². The second kappa shape index (κ2) is 19.2. The summed E-state index contributed by atoms with van der Waals surface area (Å²) in [5.41, 5.74) is 0.871. The van der Waals surface area contributed by atoms with E-state index in [1.54, 1.807) is 6.07 Å². The largest absolute Gasteiger partial charge is 0.504 e. The van der Waals surface area contributed by atoms with Crippen molar-refractivity contribution in [2.45, 2.75) is 105 Å². The van der Waals surface area contributed by atoms with Crippen molar-refractivity contribution in [3.63, 3.8) is 0 Å². The molecule has 3 aliphatic heterocycles. The van der Waals surface area contributed by atoms with Gasteiger partial charge in [-0.2, -0.15) is 0 Å². The molecule has 0 bridgehead atoms. The van der Waals surface area contributed by atoms with Gasteiger partial charge < -0.3 is 94.1 Å². The number of carbonyl (C=O) groups is 1. The molecule has 312 valence electrons. The molecule has 56 heavy (non-hydrogen) atoms. The maximum Gasteiger partial charge on any atom is 0.331 e. The average molecular weight is 801 g/mol. The number of hydrogen-bond acceptors (Lipinski definition) is 20. The van der Waals surface area contributed by atoms with Gasteiger partial charge in [0.15, 0.2) is 48.0 Å². The fourth-order valence-electron chi connectivity index (χ4n) is 6.31. The second-order valence-corrected chi connectivity index (χ2v) is 13.5.